The number of nitrogens with zero attached hydrogens (tertiary/aromatic N) is 2. The first-order valence-electron chi connectivity index (χ1n) is 7.30. The average molecular weight is 302 g/mol. The Morgan fingerprint density at radius 3 is 2.96 bits per heavy atom. The Morgan fingerprint density at radius 2 is 2.04 bits per heavy atom. The third-order valence-electron chi connectivity index (χ3n) is 3.78. The van der Waals surface area contributed by atoms with Gasteiger partial charge < -0.3 is 10.3 Å². The van der Waals surface area contributed by atoms with E-state index in [9.17, 15) is 4.79 Å². The molecule has 5 heteroatoms. The zero-order chi connectivity index (χ0) is 15.8. The molecule has 1 amide bonds. The van der Waals surface area contributed by atoms with Gasteiger partial charge in [-0.2, -0.15) is 0 Å². The van der Waals surface area contributed by atoms with Crippen molar-refractivity contribution in [2.24, 2.45) is 0 Å². The van der Waals surface area contributed by atoms with Crippen molar-refractivity contribution in [1.29, 1.82) is 0 Å². The van der Waals surface area contributed by atoms with Gasteiger partial charge in [-0.25, -0.2) is 4.98 Å². The molecule has 0 bridgehead atoms. The Bertz CT molecular complexity index is 1040. The van der Waals surface area contributed by atoms with Gasteiger partial charge in [0.2, 0.25) is 0 Å². The Kier molecular flexibility index (Phi) is 3.05. The highest BCUT2D eigenvalue weighted by molar-refractivity contribution is 6.09. The maximum atomic E-state index is 12.6. The number of hydrogen-bond acceptors (Lipinski definition) is 3. The summed E-state index contributed by atoms with van der Waals surface area (Å²) < 4.78 is 0. The minimum absolute atomic E-state index is 0.168. The summed E-state index contributed by atoms with van der Waals surface area (Å²) in [6.45, 7) is 2.00. The number of imidazole rings is 1. The Labute approximate surface area is 132 Å². The quantitative estimate of drug-likeness (QED) is 0.593. The van der Waals surface area contributed by atoms with E-state index >= 15 is 0 Å². The lowest BCUT2D eigenvalue weighted by Crippen LogP contribution is -2.12. The first-order chi connectivity index (χ1) is 11.2. The molecular weight excluding hydrogens is 288 g/mol. The molecule has 4 rings (SSSR count). The van der Waals surface area contributed by atoms with Crippen LogP contribution in [-0.2, 0) is 0 Å². The van der Waals surface area contributed by atoms with Crippen LogP contribution in [0.25, 0.3) is 21.9 Å². The van der Waals surface area contributed by atoms with Crippen molar-refractivity contribution in [3.05, 3.63) is 66.1 Å². The number of aryl methyl sites for hydroxylation is 1. The molecule has 5 nitrogen and oxygen atoms in total. The largest absolute Gasteiger partial charge is 0.345 e. The molecule has 0 aliphatic rings. The Balaban J connectivity index is 1.73. The normalized spacial score (nSPS) is 11.0. The number of carbonyl (C=O) groups is 1. The van der Waals surface area contributed by atoms with E-state index in [-0.39, 0.29) is 5.91 Å². The third kappa shape index (κ3) is 2.42. The van der Waals surface area contributed by atoms with Crippen molar-refractivity contribution in [2.45, 2.75) is 6.92 Å². The van der Waals surface area contributed by atoms with Crippen LogP contribution in [-0.4, -0.2) is 20.9 Å². The minimum Gasteiger partial charge on any atom is -0.345 e. The molecule has 0 saturated heterocycles. The van der Waals surface area contributed by atoms with E-state index in [2.05, 4.69) is 26.3 Å². The summed E-state index contributed by atoms with van der Waals surface area (Å²) in [5.74, 6) is -0.168. The highest BCUT2D eigenvalue weighted by Crippen LogP contribution is 2.24. The van der Waals surface area contributed by atoms with Gasteiger partial charge in [-0.05, 0) is 48.9 Å². The molecule has 2 aromatic heterocycles. The van der Waals surface area contributed by atoms with Gasteiger partial charge in [-0.1, -0.05) is 6.07 Å². The number of fused-ring (bicyclic) bond motifs is 2. The fraction of sp³-hybridized carbons (Fsp3) is 0.0556. The Hall–Kier alpha value is -3.21. The average Bonchev–Trinajstić information content (AvgIpc) is 3.02. The van der Waals surface area contributed by atoms with E-state index in [4.69, 9.17) is 0 Å². The van der Waals surface area contributed by atoms with Gasteiger partial charge in [0.1, 0.15) is 0 Å². The molecule has 4 aromatic rings. The number of H-pyrrole nitrogens is 1. The monoisotopic (exact) mass is 302 g/mol. The molecule has 2 aromatic carbocycles. The topological polar surface area (TPSA) is 70.7 Å². The summed E-state index contributed by atoms with van der Waals surface area (Å²) in [6, 6.07) is 13.2. The second kappa shape index (κ2) is 5.21. The van der Waals surface area contributed by atoms with Crippen LogP contribution in [0, 0.1) is 6.92 Å². The van der Waals surface area contributed by atoms with Crippen molar-refractivity contribution < 1.29 is 4.79 Å². The second-order valence-electron chi connectivity index (χ2n) is 5.48. The van der Waals surface area contributed by atoms with Gasteiger partial charge in [0.15, 0.2) is 0 Å². The van der Waals surface area contributed by atoms with Gasteiger partial charge in [-0.15, -0.1) is 0 Å². The number of amides is 1. The van der Waals surface area contributed by atoms with Gasteiger partial charge in [0.05, 0.1) is 28.6 Å². The van der Waals surface area contributed by atoms with Crippen LogP contribution >= 0.6 is 0 Å². The van der Waals surface area contributed by atoms with E-state index in [1.165, 1.54) is 0 Å². The third-order valence-corrected chi connectivity index (χ3v) is 3.78. The molecule has 0 aliphatic heterocycles. The lowest BCUT2D eigenvalue weighted by atomic mass is 10.1. The summed E-state index contributed by atoms with van der Waals surface area (Å²) in [5, 5.41) is 3.97. The molecular formula is C18H14N4O. The van der Waals surface area contributed by atoms with Crippen LogP contribution in [0.15, 0.2) is 55.0 Å². The number of carbonyl (C=O) groups excluding carboxylic acids is 1. The molecule has 23 heavy (non-hydrogen) atoms. The molecule has 2 N–H and O–H groups in total. The fourth-order valence-corrected chi connectivity index (χ4v) is 2.71. The molecule has 0 spiro atoms. The van der Waals surface area contributed by atoms with Crippen molar-refractivity contribution in [2.75, 3.05) is 5.32 Å². The molecule has 0 unspecified atom stereocenters. The zero-order valence-electron chi connectivity index (χ0n) is 12.5. The van der Waals surface area contributed by atoms with Crippen molar-refractivity contribution in [3.63, 3.8) is 0 Å². The predicted octanol–water partition coefficient (Wildman–Crippen LogP) is 3.67. The van der Waals surface area contributed by atoms with E-state index in [0.29, 0.717) is 5.56 Å². The van der Waals surface area contributed by atoms with Crippen molar-refractivity contribution in [3.8, 4) is 0 Å². The zero-order valence-corrected chi connectivity index (χ0v) is 12.5. The summed E-state index contributed by atoms with van der Waals surface area (Å²) in [5.41, 5.74) is 4.83. The number of aromatic amines is 1. The highest BCUT2D eigenvalue weighted by atomic mass is 16.1. The number of benzene rings is 2. The summed E-state index contributed by atoms with van der Waals surface area (Å²) >= 11 is 0. The number of aromatic nitrogens is 3. The summed E-state index contributed by atoms with van der Waals surface area (Å²) in [6.07, 6.45) is 3.34. The van der Waals surface area contributed by atoms with E-state index in [1.54, 1.807) is 24.7 Å². The van der Waals surface area contributed by atoms with Crippen molar-refractivity contribution >= 4 is 33.5 Å². The summed E-state index contributed by atoms with van der Waals surface area (Å²) in [4.78, 5) is 24.1. The lowest BCUT2D eigenvalue weighted by molar-refractivity contribution is 0.102. The maximum Gasteiger partial charge on any atom is 0.255 e. The molecule has 0 radical (unpaired) electrons. The van der Waals surface area contributed by atoms with Crippen molar-refractivity contribution in [1.82, 2.24) is 15.0 Å². The van der Waals surface area contributed by atoms with Gasteiger partial charge >= 0.3 is 0 Å². The number of nitrogens with one attached hydrogen (secondary N) is 2. The minimum atomic E-state index is -0.168. The fourth-order valence-electron chi connectivity index (χ4n) is 2.71. The maximum absolute atomic E-state index is 12.6. The first-order valence-corrected chi connectivity index (χ1v) is 7.30. The number of anilines is 1. The van der Waals surface area contributed by atoms with Gasteiger partial charge in [0.25, 0.3) is 5.91 Å². The molecule has 0 saturated carbocycles. The number of pyridine rings is 1. The summed E-state index contributed by atoms with van der Waals surface area (Å²) in [7, 11) is 0. The molecule has 2 heterocycles. The van der Waals surface area contributed by atoms with E-state index in [0.717, 1.165) is 33.2 Å². The van der Waals surface area contributed by atoms with Gasteiger partial charge in [0, 0.05) is 17.1 Å². The van der Waals surface area contributed by atoms with Crippen LogP contribution in [0.2, 0.25) is 0 Å². The van der Waals surface area contributed by atoms with Gasteiger partial charge in [-0.3, -0.25) is 9.78 Å². The van der Waals surface area contributed by atoms with Crippen LogP contribution in [0.3, 0.4) is 0 Å². The molecule has 112 valence electrons. The number of rotatable bonds is 2. The number of hydrogen-bond donors (Lipinski definition) is 2. The highest BCUT2D eigenvalue weighted by Gasteiger charge is 2.11. The SMILES string of the molecule is Cc1cc(NC(=O)c2ccc3nc[nH]c3c2)c2ncccc2c1. The lowest BCUT2D eigenvalue weighted by Gasteiger charge is -2.09. The molecule has 0 atom stereocenters. The second-order valence-corrected chi connectivity index (χ2v) is 5.48. The van der Waals surface area contributed by atoms with E-state index in [1.807, 2.05) is 31.2 Å². The molecule has 0 aliphatic carbocycles. The van der Waals surface area contributed by atoms with Crippen LogP contribution in [0.5, 0.6) is 0 Å². The first kappa shape index (κ1) is 13.5. The van der Waals surface area contributed by atoms with Crippen LogP contribution < -0.4 is 5.32 Å². The Morgan fingerprint density at radius 1 is 1.13 bits per heavy atom. The standard InChI is InChI=1S/C18H14N4O/c1-11-7-12-3-2-6-19-17(12)16(8-11)22-18(23)13-4-5-14-15(9-13)21-10-20-14/h2-10H,1H3,(H,20,21)(H,22,23). The van der Waals surface area contributed by atoms with Crippen LogP contribution in [0.1, 0.15) is 15.9 Å². The molecule has 0 fully saturated rings. The smallest absolute Gasteiger partial charge is 0.255 e. The predicted molar refractivity (Wildman–Crippen MR) is 90.5 cm³/mol. The van der Waals surface area contributed by atoms with Crippen LogP contribution in [0.4, 0.5) is 5.69 Å². The van der Waals surface area contributed by atoms with E-state index < -0.39 is 0 Å².